The van der Waals surface area contributed by atoms with E-state index in [0.29, 0.717) is 0 Å². The van der Waals surface area contributed by atoms with Gasteiger partial charge in [-0.1, -0.05) is 23.7 Å². The van der Waals surface area contributed by atoms with E-state index >= 15 is 0 Å². The Balaban J connectivity index is 1.57. The van der Waals surface area contributed by atoms with Crippen LogP contribution in [0.4, 0.5) is 0 Å². The highest BCUT2D eigenvalue weighted by atomic mass is 35.5. The number of rotatable bonds is 5. The number of halogens is 1. The largest absolute Gasteiger partial charge is 0.375 e. The van der Waals surface area contributed by atoms with Crippen molar-refractivity contribution in [1.29, 1.82) is 0 Å². The van der Waals surface area contributed by atoms with Crippen LogP contribution in [0.15, 0.2) is 29.3 Å². The van der Waals surface area contributed by atoms with Gasteiger partial charge in [0, 0.05) is 37.8 Å². The molecule has 0 aromatic heterocycles. The Morgan fingerprint density at radius 1 is 1.24 bits per heavy atom. The smallest absolute Gasteiger partial charge is 0.194 e. The molecule has 0 bridgehead atoms. The number of benzene rings is 1. The van der Waals surface area contributed by atoms with Crippen LogP contribution in [0, 0.1) is 0 Å². The summed E-state index contributed by atoms with van der Waals surface area (Å²) >= 11 is 5.94. The lowest BCUT2D eigenvalue weighted by atomic mass is 10.1. The van der Waals surface area contributed by atoms with Crippen LogP contribution in [-0.2, 0) is 15.9 Å². The highest BCUT2D eigenvalue weighted by Crippen LogP contribution is 2.21. The monoisotopic (exact) mass is 365 g/mol. The molecule has 3 rings (SSSR count). The van der Waals surface area contributed by atoms with Crippen LogP contribution in [0.3, 0.4) is 0 Å². The van der Waals surface area contributed by atoms with Crippen molar-refractivity contribution >= 4 is 17.6 Å². The molecule has 138 valence electrons. The lowest BCUT2D eigenvalue weighted by Crippen LogP contribution is -2.53. The molecular formula is C19H28ClN3O2. The maximum Gasteiger partial charge on any atom is 0.194 e. The Kier molecular flexibility index (Phi) is 6.96. The van der Waals surface area contributed by atoms with Crippen molar-refractivity contribution < 1.29 is 9.47 Å². The van der Waals surface area contributed by atoms with E-state index in [1.165, 1.54) is 5.56 Å². The van der Waals surface area contributed by atoms with Gasteiger partial charge in [0.2, 0.25) is 0 Å². The Morgan fingerprint density at radius 2 is 2.04 bits per heavy atom. The van der Waals surface area contributed by atoms with E-state index in [2.05, 4.69) is 29.3 Å². The Bertz CT molecular complexity index is 558. The van der Waals surface area contributed by atoms with E-state index in [9.17, 15) is 0 Å². The van der Waals surface area contributed by atoms with E-state index in [-0.39, 0.29) is 12.2 Å². The molecule has 0 radical (unpaired) electrons. The number of hydrogen-bond donors (Lipinski definition) is 1. The normalized spacial score (nSPS) is 24.6. The first kappa shape index (κ1) is 18.5. The number of guanidine groups is 1. The van der Waals surface area contributed by atoms with Crippen molar-refractivity contribution in [2.24, 2.45) is 4.99 Å². The lowest BCUT2D eigenvalue weighted by molar-refractivity contribution is -0.0817. The Labute approximate surface area is 155 Å². The molecule has 0 aliphatic carbocycles. The van der Waals surface area contributed by atoms with Crippen molar-refractivity contribution in [3.05, 3.63) is 34.9 Å². The molecule has 2 aliphatic heterocycles. The predicted molar refractivity (Wildman–Crippen MR) is 101 cm³/mol. The highest BCUT2D eigenvalue weighted by molar-refractivity contribution is 6.30. The molecule has 0 saturated carbocycles. The fraction of sp³-hybridized carbons (Fsp3) is 0.632. The van der Waals surface area contributed by atoms with Crippen LogP contribution in [0.5, 0.6) is 0 Å². The average molecular weight is 366 g/mol. The van der Waals surface area contributed by atoms with Gasteiger partial charge in [0.05, 0.1) is 12.7 Å². The van der Waals surface area contributed by atoms with Gasteiger partial charge in [0.15, 0.2) is 5.96 Å². The third-order valence-corrected chi connectivity index (χ3v) is 4.93. The molecule has 2 fully saturated rings. The Morgan fingerprint density at radius 3 is 2.76 bits per heavy atom. The summed E-state index contributed by atoms with van der Waals surface area (Å²) in [5.41, 5.74) is 1.25. The van der Waals surface area contributed by atoms with Gasteiger partial charge in [0.1, 0.15) is 6.10 Å². The predicted octanol–water partition coefficient (Wildman–Crippen LogP) is 2.73. The van der Waals surface area contributed by atoms with Crippen molar-refractivity contribution in [3.63, 3.8) is 0 Å². The first-order chi connectivity index (χ1) is 12.3. The fourth-order valence-corrected chi connectivity index (χ4v) is 3.48. The highest BCUT2D eigenvalue weighted by Gasteiger charge is 2.32. The number of ether oxygens (including phenoxy) is 2. The number of hydrogen-bond acceptors (Lipinski definition) is 3. The van der Waals surface area contributed by atoms with Crippen LogP contribution >= 0.6 is 11.6 Å². The summed E-state index contributed by atoms with van der Waals surface area (Å²) in [6.07, 6.45) is 3.53. The van der Waals surface area contributed by atoms with Gasteiger partial charge in [-0.2, -0.15) is 0 Å². The minimum atomic E-state index is 0.149. The molecule has 1 aromatic carbocycles. The first-order valence-electron chi connectivity index (χ1n) is 9.27. The molecule has 1 N–H and O–H groups in total. The van der Waals surface area contributed by atoms with Crippen LogP contribution in [0.1, 0.15) is 25.3 Å². The van der Waals surface area contributed by atoms with Gasteiger partial charge < -0.3 is 19.7 Å². The minimum absolute atomic E-state index is 0.149. The summed E-state index contributed by atoms with van der Waals surface area (Å²) in [5.74, 6) is 0.975. The summed E-state index contributed by atoms with van der Waals surface area (Å²) < 4.78 is 11.7. The molecule has 0 spiro atoms. The molecule has 2 aliphatic rings. The average Bonchev–Trinajstić information content (AvgIpc) is 3.17. The third-order valence-electron chi connectivity index (χ3n) is 4.68. The summed E-state index contributed by atoms with van der Waals surface area (Å²) in [7, 11) is 0. The zero-order valence-corrected chi connectivity index (χ0v) is 15.7. The molecule has 2 unspecified atom stereocenters. The van der Waals surface area contributed by atoms with E-state index in [1.807, 2.05) is 12.1 Å². The van der Waals surface area contributed by atoms with Gasteiger partial charge >= 0.3 is 0 Å². The van der Waals surface area contributed by atoms with E-state index in [1.54, 1.807) is 0 Å². The van der Waals surface area contributed by atoms with Gasteiger partial charge in [-0.25, -0.2) is 0 Å². The van der Waals surface area contributed by atoms with E-state index < -0.39 is 0 Å². The van der Waals surface area contributed by atoms with E-state index in [0.717, 1.165) is 69.6 Å². The molecule has 5 nitrogen and oxygen atoms in total. The van der Waals surface area contributed by atoms with Gasteiger partial charge in [-0.15, -0.1) is 0 Å². The number of nitrogens with zero attached hydrogens (tertiary/aromatic N) is 2. The van der Waals surface area contributed by atoms with Crippen molar-refractivity contribution in [1.82, 2.24) is 10.2 Å². The van der Waals surface area contributed by atoms with E-state index in [4.69, 9.17) is 26.1 Å². The second-order valence-corrected chi connectivity index (χ2v) is 6.96. The zero-order chi connectivity index (χ0) is 17.5. The molecule has 0 amide bonds. The SMILES string of the molecule is CCNC(=NCCc1ccc(Cl)cc1)N1CCOC(C2CCCO2)C1. The molecule has 1 aromatic rings. The molecule has 6 heteroatoms. The quantitative estimate of drug-likeness (QED) is 0.643. The van der Waals surface area contributed by atoms with Gasteiger partial charge in [0.25, 0.3) is 0 Å². The molecule has 2 saturated heterocycles. The molecule has 25 heavy (non-hydrogen) atoms. The minimum Gasteiger partial charge on any atom is -0.375 e. The zero-order valence-electron chi connectivity index (χ0n) is 14.9. The van der Waals surface area contributed by atoms with Crippen LogP contribution < -0.4 is 5.32 Å². The summed E-state index contributed by atoms with van der Waals surface area (Å²) in [6.45, 7) is 7.03. The maximum absolute atomic E-state index is 5.94. The lowest BCUT2D eigenvalue weighted by Gasteiger charge is -2.37. The fourth-order valence-electron chi connectivity index (χ4n) is 3.36. The van der Waals surface area contributed by atoms with Crippen LogP contribution in [-0.4, -0.2) is 62.5 Å². The van der Waals surface area contributed by atoms with Crippen LogP contribution in [0.2, 0.25) is 5.02 Å². The number of nitrogens with one attached hydrogen (secondary N) is 1. The number of aliphatic imine (C=N–C) groups is 1. The third kappa shape index (κ3) is 5.33. The second kappa shape index (κ2) is 9.41. The number of morpholine rings is 1. The molecule has 2 heterocycles. The van der Waals surface area contributed by atoms with Gasteiger partial charge in [-0.3, -0.25) is 4.99 Å². The van der Waals surface area contributed by atoms with Crippen molar-refractivity contribution in [2.75, 3.05) is 39.4 Å². The van der Waals surface area contributed by atoms with Crippen molar-refractivity contribution in [3.8, 4) is 0 Å². The Hall–Kier alpha value is -1.30. The second-order valence-electron chi connectivity index (χ2n) is 6.52. The first-order valence-corrected chi connectivity index (χ1v) is 9.65. The topological polar surface area (TPSA) is 46.1 Å². The molecule has 2 atom stereocenters. The van der Waals surface area contributed by atoms with Crippen molar-refractivity contribution in [2.45, 2.75) is 38.4 Å². The summed E-state index contributed by atoms with van der Waals surface area (Å²) in [6, 6.07) is 7.99. The van der Waals surface area contributed by atoms with Gasteiger partial charge in [-0.05, 0) is 43.9 Å². The maximum atomic E-state index is 5.94. The molecular weight excluding hydrogens is 338 g/mol. The van der Waals surface area contributed by atoms with Crippen LogP contribution in [0.25, 0.3) is 0 Å². The summed E-state index contributed by atoms with van der Waals surface area (Å²) in [4.78, 5) is 7.12. The summed E-state index contributed by atoms with van der Waals surface area (Å²) in [5, 5.41) is 4.19. The standard InChI is InChI=1S/C19H28ClN3O2/c1-2-21-19(22-10-9-15-5-7-16(20)8-6-15)23-11-13-25-18(14-23)17-4-3-12-24-17/h5-8,17-18H,2-4,9-14H2,1H3,(H,21,22).